The number of H-pyrrole nitrogens is 1. The van der Waals surface area contributed by atoms with Crippen molar-refractivity contribution in [3.05, 3.63) is 30.5 Å². The van der Waals surface area contributed by atoms with Crippen molar-refractivity contribution in [2.45, 2.75) is 4.90 Å². The fourth-order valence-corrected chi connectivity index (χ4v) is 2.00. The van der Waals surface area contributed by atoms with Crippen LogP contribution in [0.3, 0.4) is 0 Å². The van der Waals surface area contributed by atoms with Crippen molar-refractivity contribution < 1.29 is 4.21 Å². The maximum absolute atomic E-state index is 11.2. The van der Waals surface area contributed by atoms with Crippen molar-refractivity contribution in [3.63, 3.8) is 0 Å². The van der Waals surface area contributed by atoms with Gasteiger partial charge in [-0.3, -0.25) is 4.21 Å². The van der Waals surface area contributed by atoms with Crippen molar-refractivity contribution in [1.29, 1.82) is 0 Å². The molecule has 0 aliphatic heterocycles. The van der Waals surface area contributed by atoms with E-state index in [1.807, 2.05) is 24.3 Å². The summed E-state index contributed by atoms with van der Waals surface area (Å²) >= 11 is 0. The van der Waals surface area contributed by atoms with Gasteiger partial charge in [-0.05, 0) is 6.07 Å². The molecule has 62 valence electrons. The van der Waals surface area contributed by atoms with Gasteiger partial charge in [0.25, 0.3) is 0 Å². The highest BCUT2D eigenvalue weighted by Gasteiger charge is 2.04. The van der Waals surface area contributed by atoms with Gasteiger partial charge < -0.3 is 4.98 Å². The summed E-state index contributed by atoms with van der Waals surface area (Å²) < 4.78 is 11.2. The first kappa shape index (κ1) is 7.55. The molecule has 1 N–H and O–H groups in total. The molecule has 1 atom stereocenters. The molecule has 0 unspecified atom stereocenters. The topological polar surface area (TPSA) is 32.9 Å². The zero-order valence-electron chi connectivity index (χ0n) is 6.70. The van der Waals surface area contributed by atoms with E-state index in [1.54, 1.807) is 12.5 Å². The molecule has 12 heavy (non-hydrogen) atoms. The fourth-order valence-electron chi connectivity index (χ4n) is 1.28. The number of hydrogen-bond donors (Lipinski definition) is 1. The first-order chi connectivity index (χ1) is 5.79. The van der Waals surface area contributed by atoms with E-state index in [9.17, 15) is 4.21 Å². The van der Waals surface area contributed by atoms with Gasteiger partial charge in [0.1, 0.15) is 0 Å². The summed E-state index contributed by atoms with van der Waals surface area (Å²) in [5.74, 6) is 0. The lowest BCUT2D eigenvalue weighted by molar-refractivity contribution is 0.687. The van der Waals surface area contributed by atoms with Crippen LogP contribution in [0.25, 0.3) is 10.9 Å². The van der Waals surface area contributed by atoms with E-state index in [-0.39, 0.29) is 0 Å². The summed E-state index contributed by atoms with van der Waals surface area (Å²) in [6.45, 7) is 0. The molecule has 0 spiro atoms. The maximum atomic E-state index is 11.2. The highest BCUT2D eigenvalue weighted by atomic mass is 32.2. The zero-order valence-corrected chi connectivity index (χ0v) is 7.52. The number of fused-ring (bicyclic) bond motifs is 1. The first-order valence-electron chi connectivity index (χ1n) is 3.68. The lowest BCUT2D eigenvalue weighted by atomic mass is 10.2. The Bertz CT molecular complexity index is 433. The van der Waals surface area contributed by atoms with Gasteiger partial charge in [-0.15, -0.1) is 0 Å². The molecule has 1 aromatic heterocycles. The number of para-hydroxylation sites is 1. The predicted octanol–water partition coefficient (Wildman–Crippen LogP) is 1.91. The van der Waals surface area contributed by atoms with E-state index in [0.29, 0.717) is 0 Å². The molecule has 2 rings (SSSR count). The Morgan fingerprint density at radius 3 is 2.83 bits per heavy atom. The van der Waals surface area contributed by atoms with Crippen molar-refractivity contribution in [3.8, 4) is 0 Å². The number of rotatable bonds is 1. The van der Waals surface area contributed by atoms with Crippen LogP contribution in [0.4, 0.5) is 0 Å². The highest BCUT2D eigenvalue weighted by molar-refractivity contribution is 7.84. The molecular formula is C9H9NOS. The predicted molar refractivity (Wildman–Crippen MR) is 50.6 cm³/mol. The summed E-state index contributed by atoms with van der Waals surface area (Å²) in [4.78, 5) is 3.96. The number of nitrogens with one attached hydrogen (secondary N) is 1. The van der Waals surface area contributed by atoms with Crippen LogP contribution in [-0.2, 0) is 10.8 Å². The third-order valence-corrected chi connectivity index (χ3v) is 2.82. The van der Waals surface area contributed by atoms with Gasteiger partial charge >= 0.3 is 0 Å². The van der Waals surface area contributed by atoms with Gasteiger partial charge in [-0.2, -0.15) is 0 Å². The van der Waals surface area contributed by atoms with Gasteiger partial charge in [0.15, 0.2) is 0 Å². The van der Waals surface area contributed by atoms with Gasteiger partial charge in [-0.1, -0.05) is 18.2 Å². The molecule has 1 aromatic carbocycles. The molecule has 0 bridgehead atoms. The van der Waals surface area contributed by atoms with Crippen molar-refractivity contribution in [2.75, 3.05) is 6.26 Å². The minimum Gasteiger partial charge on any atom is -0.360 e. The zero-order chi connectivity index (χ0) is 8.55. The molecule has 3 heteroatoms. The van der Waals surface area contributed by atoms with Crippen LogP contribution in [0, 0.1) is 0 Å². The smallest absolute Gasteiger partial charge is 0.0638 e. The molecular weight excluding hydrogens is 170 g/mol. The fraction of sp³-hybridized carbons (Fsp3) is 0.111. The molecule has 0 saturated heterocycles. The Morgan fingerprint density at radius 2 is 2.08 bits per heavy atom. The lowest BCUT2D eigenvalue weighted by Gasteiger charge is -1.91. The SMILES string of the molecule is C[S@@](=O)c1c[nH]c2ccccc12. The van der Waals surface area contributed by atoms with Crippen LogP contribution in [-0.4, -0.2) is 15.4 Å². The average Bonchev–Trinajstić information content (AvgIpc) is 2.47. The molecule has 2 aromatic rings. The highest BCUT2D eigenvalue weighted by Crippen LogP contribution is 2.19. The first-order valence-corrected chi connectivity index (χ1v) is 5.24. The molecule has 0 radical (unpaired) electrons. The van der Waals surface area contributed by atoms with Gasteiger partial charge in [0.2, 0.25) is 0 Å². The molecule has 0 saturated carbocycles. The quantitative estimate of drug-likeness (QED) is 0.712. The van der Waals surface area contributed by atoms with Crippen molar-refractivity contribution in [2.24, 2.45) is 0 Å². The van der Waals surface area contributed by atoms with Gasteiger partial charge in [0, 0.05) is 23.4 Å². The van der Waals surface area contributed by atoms with E-state index < -0.39 is 10.8 Å². The number of aromatic nitrogens is 1. The van der Waals surface area contributed by atoms with Crippen LogP contribution in [0.5, 0.6) is 0 Å². The normalized spacial score (nSPS) is 13.4. The third-order valence-electron chi connectivity index (χ3n) is 1.86. The number of aromatic amines is 1. The molecule has 0 aliphatic carbocycles. The Kier molecular flexibility index (Phi) is 1.73. The second-order valence-corrected chi connectivity index (χ2v) is 4.00. The largest absolute Gasteiger partial charge is 0.360 e. The summed E-state index contributed by atoms with van der Waals surface area (Å²) in [6, 6.07) is 7.86. The van der Waals surface area contributed by atoms with Gasteiger partial charge in [0.05, 0.1) is 15.7 Å². The molecule has 0 fully saturated rings. The summed E-state index contributed by atoms with van der Waals surface area (Å²) in [5, 5.41) is 1.05. The summed E-state index contributed by atoms with van der Waals surface area (Å²) in [7, 11) is -0.904. The standard InChI is InChI=1S/C9H9NOS/c1-12(11)9-6-10-8-5-3-2-4-7(8)9/h2-6,10H,1H3/t12-/m1/s1. The van der Waals surface area contributed by atoms with E-state index in [2.05, 4.69) is 4.98 Å². The second-order valence-electron chi connectivity index (χ2n) is 2.65. The number of hydrogen-bond acceptors (Lipinski definition) is 1. The van der Waals surface area contributed by atoms with Crippen LogP contribution in [0.15, 0.2) is 35.4 Å². The van der Waals surface area contributed by atoms with E-state index in [0.717, 1.165) is 15.8 Å². The van der Waals surface area contributed by atoms with Gasteiger partial charge in [-0.25, -0.2) is 0 Å². The minimum atomic E-state index is -0.904. The van der Waals surface area contributed by atoms with Crippen LogP contribution in [0.1, 0.15) is 0 Å². The second kappa shape index (κ2) is 2.75. The molecule has 1 heterocycles. The van der Waals surface area contributed by atoms with Crippen LogP contribution >= 0.6 is 0 Å². The Morgan fingerprint density at radius 1 is 1.33 bits per heavy atom. The Hall–Kier alpha value is -1.09. The molecule has 0 amide bonds. The monoisotopic (exact) mass is 179 g/mol. The van der Waals surface area contributed by atoms with E-state index in [1.165, 1.54) is 0 Å². The maximum Gasteiger partial charge on any atom is 0.0638 e. The average molecular weight is 179 g/mol. The van der Waals surface area contributed by atoms with Crippen LogP contribution < -0.4 is 0 Å². The summed E-state index contributed by atoms with van der Waals surface area (Å²) in [5.41, 5.74) is 1.04. The minimum absolute atomic E-state index is 0.880. The van der Waals surface area contributed by atoms with Crippen LogP contribution in [0.2, 0.25) is 0 Å². The third kappa shape index (κ3) is 1.06. The molecule has 0 aliphatic rings. The van der Waals surface area contributed by atoms with E-state index in [4.69, 9.17) is 0 Å². The van der Waals surface area contributed by atoms with Crippen molar-refractivity contribution >= 4 is 21.7 Å². The number of benzene rings is 1. The van der Waals surface area contributed by atoms with Crippen molar-refractivity contribution in [1.82, 2.24) is 4.98 Å². The Labute approximate surface area is 73.1 Å². The Balaban J connectivity index is 2.79. The molecule has 2 nitrogen and oxygen atoms in total. The lowest BCUT2D eigenvalue weighted by Crippen LogP contribution is -1.83. The van der Waals surface area contributed by atoms with E-state index >= 15 is 0 Å². The summed E-state index contributed by atoms with van der Waals surface area (Å²) in [6.07, 6.45) is 3.50.